The van der Waals surface area contributed by atoms with Crippen molar-refractivity contribution in [2.24, 2.45) is 0 Å². The molecule has 1 aromatic heterocycles. The maximum atomic E-state index is 12.8. The fourth-order valence-corrected chi connectivity index (χ4v) is 1.51. The number of carboxylic acid groups (broad SMARTS) is 1. The van der Waals surface area contributed by atoms with E-state index in [0.29, 0.717) is 0 Å². The summed E-state index contributed by atoms with van der Waals surface area (Å²) in [6.07, 6.45) is 1.07. The van der Waals surface area contributed by atoms with Gasteiger partial charge in [0.15, 0.2) is 5.76 Å². The van der Waals surface area contributed by atoms with E-state index in [1.165, 1.54) is 6.07 Å². The van der Waals surface area contributed by atoms with Crippen LogP contribution in [-0.2, 0) is 0 Å². The smallest absolute Gasteiger partial charge is 0.341 e. The number of aromatic carboxylic acids is 1. The molecule has 2 rings (SSSR count). The molecule has 0 aliphatic rings. The van der Waals surface area contributed by atoms with E-state index < -0.39 is 11.8 Å². The minimum absolute atomic E-state index is 0.0116. The summed E-state index contributed by atoms with van der Waals surface area (Å²) >= 11 is 5.78. The Morgan fingerprint density at radius 2 is 2.25 bits per heavy atom. The fraction of sp³-hybridized carbons (Fsp3) is 0. The zero-order valence-corrected chi connectivity index (χ0v) is 8.53. The van der Waals surface area contributed by atoms with Gasteiger partial charge in [-0.2, -0.15) is 0 Å². The molecule has 0 aliphatic carbocycles. The lowest BCUT2D eigenvalue weighted by Crippen LogP contribution is -1.96. The summed E-state index contributed by atoms with van der Waals surface area (Å²) in [7, 11) is 0. The second-order valence-corrected chi connectivity index (χ2v) is 3.41. The van der Waals surface area contributed by atoms with Crippen LogP contribution in [0, 0.1) is 5.82 Å². The highest BCUT2D eigenvalue weighted by Crippen LogP contribution is 2.30. The number of rotatable bonds is 2. The summed E-state index contributed by atoms with van der Waals surface area (Å²) in [5.74, 6) is -1.68. The molecule has 0 saturated carbocycles. The van der Waals surface area contributed by atoms with E-state index in [1.807, 2.05) is 0 Å². The van der Waals surface area contributed by atoms with Gasteiger partial charge in [-0.15, -0.1) is 0 Å². The molecule has 0 saturated heterocycles. The minimum atomic E-state index is -1.18. The largest absolute Gasteiger partial charge is 0.477 e. The summed E-state index contributed by atoms with van der Waals surface area (Å²) in [6.45, 7) is 0. The highest BCUT2D eigenvalue weighted by Gasteiger charge is 2.19. The summed E-state index contributed by atoms with van der Waals surface area (Å²) in [5, 5.41) is 12.3. The molecule has 6 heteroatoms. The van der Waals surface area contributed by atoms with Crippen molar-refractivity contribution in [3.05, 3.63) is 40.8 Å². The van der Waals surface area contributed by atoms with Crippen LogP contribution in [0.25, 0.3) is 11.3 Å². The van der Waals surface area contributed by atoms with E-state index in [0.717, 1.165) is 18.3 Å². The number of carbonyl (C=O) groups is 1. The lowest BCUT2D eigenvalue weighted by atomic mass is 10.1. The number of carboxylic acids is 1. The van der Waals surface area contributed by atoms with Crippen molar-refractivity contribution < 1.29 is 18.8 Å². The predicted molar refractivity (Wildman–Crippen MR) is 53.9 cm³/mol. The Kier molecular flexibility index (Phi) is 2.62. The van der Waals surface area contributed by atoms with Crippen LogP contribution in [0.5, 0.6) is 0 Å². The van der Waals surface area contributed by atoms with E-state index >= 15 is 0 Å². The van der Waals surface area contributed by atoms with Gasteiger partial charge in [-0.3, -0.25) is 0 Å². The van der Waals surface area contributed by atoms with Crippen molar-refractivity contribution >= 4 is 17.6 Å². The molecule has 2 aromatic rings. The maximum Gasteiger partial charge on any atom is 0.341 e. The summed E-state index contributed by atoms with van der Waals surface area (Å²) in [6, 6.07) is 3.57. The van der Waals surface area contributed by atoms with Gasteiger partial charge in [-0.05, 0) is 18.2 Å². The van der Waals surface area contributed by atoms with E-state index in [-0.39, 0.29) is 21.9 Å². The standard InChI is InChI=1S/C10H5ClFNO3/c11-8-3-5(12)1-2-6(8)9-7(10(14)15)4-13-16-9/h1-4H,(H,14,15). The predicted octanol–water partition coefficient (Wildman–Crippen LogP) is 2.83. The first-order chi connectivity index (χ1) is 7.59. The first-order valence-electron chi connectivity index (χ1n) is 4.23. The Balaban J connectivity index is 2.59. The van der Waals surface area contributed by atoms with Crippen LogP contribution in [0.2, 0.25) is 5.02 Å². The molecule has 4 nitrogen and oxygen atoms in total. The lowest BCUT2D eigenvalue weighted by molar-refractivity contribution is 0.0697. The molecular weight excluding hydrogens is 237 g/mol. The quantitative estimate of drug-likeness (QED) is 0.878. The van der Waals surface area contributed by atoms with E-state index in [9.17, 15) is 9.18 Å². The zero-order valence-electron chi connectivity index (χ0n) is 7.78. The van der Waals surface area contributed by atoms with Gasteiger partial charge in [0.1, 0.15) is 11.4 Å². The molecule has 1 heterocycles. The van der Waals surface area contributed by atoms with Crippen molar-refractivity contribution in [1.29, 1.82) is 0 Å². The number of hydrogen-bond acceptors (Lipinski definition) is 3. The Hall–Kier alpha value is -1.88. The maximum absolute atomic E-state index is 12.8. The molecule has 0 atom stereocenters. The molecule has 0 radical (unpaired) electrons. The summed E-state index contributed by atoms with van der Waals surface area (Å²) in [5.41, 5.74) is 0.173. The van der Waals surface area contributed by atoms with Gasteiger partial charge in [0.05, 0.1) is 11.2 Å². The van der Waals surface area contributed by atoms with Gasteiger partial charge < -0.3 is 9.63 Å². The lowest BCUT2D eigenvalue weighted by Gasteiger charge is -2.00. The molecule has 0 aliphatic heterocycles. The Morgan fingerprint density at radius 3 is 2.88 bits per heavy atom. The number of benzene rings is 1. The Labute approximate surface area is 94.2 Å². The summed E-state index contributed by atoms with van der Waals surface area (Å²) in [4.78, 5) is 10.8. The first kappa shape index (κ1) is 10.6. The Morgan fingerprint density at radius 1 is 1.50 bits per heavy atom. The summed E-state index contributed by atoms with van der Waals surface area (Å²) < 4.78 is 17.6. The van der Waals surface area contributed by atoms with E-state index in [1.54, 1.807) is 0 Å². The van der Waals surface area contributed by atoms with Crippen molar-refractivity contribution in [1.82, 2.24) is 5.16 Å². The highest BCUT2D eigenvalue weighted by atomic mass is 35.5. The Bertz CT molecular complexity index is 553. The van der Waals surface area contributed by atoms with Crippen LogP contribution in [0.3, 0.4) is 0 Å². The number of nitrogens with zero attached hydrogens (tertiary/aromatic N) is 1. The van der Waals surface area contributed by atoms with Crippen molar-refractivity contribution in [2.75, 3.05) is 0 Å². The van der Waals surface area contributed by atoms with Crippen LogP contribution in [0.1, 0.15) is 10.4 Å². The molecule has 0 fully saturated rings. The second-order valence-electron chi connectivity index (χ2n) is 3.00. The van der Waals surface area contributed by atoms with Crippen LogP contribution < -0.4 is 0 Å². The second kappa shape index (κ2) is 3.94. The average molecular weight is 242 g/mol. The molecular formula is C10H5ClFNO3. The van der Waals surface area contributed by atoms with Crippen molar-refractivity contribution in [3.63, 3.8) is 0 Å². The molecule has 1 N–H and O–H groups in total. The first-order valence-corrected chi connectivity index (χ1v) is 4.61. The van der Waals surface area contributed by atoms with E-state index in [4.69, 9.17) is 21.2 Å². The number of hydrogen-bond donors (Lipinski definition) is 1. The average Bonchev–Trinajstić information content (AvgIpc) is 2.66. The number of aromatic nitrogens is 1. The molecule has 0 spiro atoms. The van der Waals surface area contributed by atoms with Crippen molar-refractivity contribution in [3.8, 4) is 11.3 Å². The molecule has 0 amide bonds. The van der Waals surface area contributed by atoms with Crippen LogP contribution in [-0.4, -0.2) is 16.2 Å². The van der Waals surface area contributed by atoms with Crippen molar-refractivity contribution in [2.45, 2.75) is 0 Å². The third-order valence-corrected chi connectivity index (χ3v) is 2.29. The molecule has 82 valence electrons. The van der Waals surface area contributed by atoms with Gasteiger partial charge in [-0.1, -0.05) is 16.8 Å². The molecule has 1 aromatic carbocycles. The minimum Gasteiger partial charge on any atom is -0.477 e. The van der Waals surface area contributed by atoms with Gasteiger partial charge in [0, 0.05) is 5.56 Å². The molecule has 16 heavy (non-hydrogen) atoms. The van der Waals surface area contributed by atoms with Gasteiger partial charge in [-0.25, -0.2) is 9.18 Å². The fourth-order valence-electron chi connectivity index (χ4n) is 1.26. The molecule has 0 unspecified atom stereocenters. The third kappa shape index (κ3) is 1.77. The van der Waals surface area contributed by atoms with Gasteiger partial charge in [0.2, 0.25) is 0 Å². The monoisotopic (exact) mass is 241 g/mol. The molecule has 0 bridgehead atoms. The topological polar surface area (TPSA) is 63.3 Å². The van der Waals surface area contributed by atoms with Crippen LogP contribution >= 0.6 is 11.6 Å². The third-order valence-electron chi connectivity index (χ3n) is 1.98. The van der Waals surface area contributed by atoms with Gasteiger partial charge >= 0.3 is 5.97 Å². The normalized spacial score (nSPS) is 10.4. The van der Waals surface area contributed by atoms with Gasteiger partial charge in [0.25, 0.3) is 0 Å². The van der Waals surface area contributed by atoms with Crippen LogP contribution in [0.4, 0.5) is 4.39 Å². The van der Waals surface area contributed by atoms with E-state index in [2.05, 4.69) is 5.16 Å². The number of halogens is 2. The zero-order chi connectivity index (χ0) is 11.7. The van der Waals surface area contributed by atoms with Crippen LogP contribution in [0.15, 0.2) is 28.9 Å². The highest BCUT2D eigenvalue weighted by molar-refractivity contribution is 6.33. The SMILES string of the molecule is O=C(O)c1cnoc1-c1ccc(F)cc1Cl.